The minimum Gasteiger partial charge on any atom is -0.478 e. The highest BCUT2D eigenvalue weighted by Gasteiger charge is 2.05. The van der Waals surface area contributed by atoms with E-state index in [1.807, 2.05) is 12.1 Å². The van der Waals surface area contributed by atoms with E-state index in [1.165, 1.54) is 0 Å². The average molecular weight is 296 g/mol. The third-order valence-electron chi connectivity index (χ3n) is 2.61. The van der Waals surface area contributed by atoms with E-state index in [2.05, 4.69) is 5.32 Å². The largest absolute Gasteiger partial charge is 0.478 e. The van der Waals surface area contributed by atoms with Crippen LogP contribution in [0.15, 0.2) is 42.5 Å². The number of nitrogens with one attached hydrogen (secondary N) is 1. The molecular formula is C14H11Cl2NO2. The molecule has 0 saturated carbocycles. The highest BCUT2D eigenvalue weighted by atomic mass is 35.5. The zero-order valence-corrected chi connectivity index (χ0v) is 11.4. The summed E-state index contributed by atoms with van der Waals surface area (Å²) in [5.74, 6) is -0.942. The summed E-state index contributed by atoms with van der Waals surface area (Å²) in [5, 5.41) is 13.0. The summed E-state index contributed by atoms with van der Waals surface area (Å²) in [7, 11) is 0. The Morgan fingerprint density at radius 2 is 1.89 bits per heavy atom. The van der Waals surface area contributed by atoms with Gasteiger partial charge in [0.25, 0.3) is 0 Å². The Morgan fingerprint density at radius 3 is 2.63 bits per heavy atom. The number of anilines is 1. The lowest BCUT2D eigenvalue weighted by atomic mass is 10.1. The molecule has 19 heavy (non-hydrogen) atoms. The van der Waals surface area contributed by atoms with Gasteiger partial charge in [-0.1, -0.05) is 41.4 Å². The van der Waals surface area contributed by atoms with Crippen molar-refractivity contribution in [3.05, 3.63) is 63.6 Å². The van der Waals surface area contributed by atoms with Crippen LogP contribution in [0.2, 0.25) is 10.0 Å². The standard InChI is InChI=1S/C14H11Cl2NO2/c15-11-5-2-6-12(13(11)16)17-8-9-3-1-4-10(7-9)14(18)19/h1-7,17H,8H2,(H,18,19). The lowest BCUT2D eigenvalue weighted by Gasteiger charge is -2.09. The van der Waals surface area contributed by atoms with Gasteiger partial charge in [-0.05, 0) is 29.8 Å². The molecule has 2 aromatic carbocycles. The van der Waals surface area contributed by atoms with Crippen molar-refractivity contribution >= 4 is 34.9 Å². The lowest BCUT2D eigenvalue weighted by molar-refractivity contribution is 0.0697. The molecular weight excluding hydrogens is 285 g/mol. The molecule has 0 amide bonds. The summed E-state index contributed by atoms with van der Waals surface area (Å²) in [6.07, 6.45) is 0. The molecule has 2 rings (SSSR count). The molecule has 0 bridgehead atoms. The Labute approximate surface area is 120 Å². The molecule has 0 aromatic heterocycles. The molecule has 0 saturated heterocycles. The van der Waals surface area contributed by atoms with Gasteiger partial charge in [-0.2, -0.15) is 0 Å². The second kappa shape index (κ2) is 5.95. The van der Waals surface area contributed by atoms with E-state index in [9.17, 15) is 4.79 Å². The lowest BCUT2D eigenvalue weighted by Crippen LogP contribution is -2.02. The van der Waals surface area contributed by atoms with Crippen LogP contribution in [-0.4, -0.2) is 11.1 Å². The number of carboxylic acids is 1. The molecule has 0 aliphatic rings. The molecule has 0 aliphatic heterocycles. The highest BCUT2D eigenvalue weighted by molar-refractivity contribution is 6.43. The van der Waals surface area contributed by atoms with Crippen molar-refractivity contribution in [2.75, 3.05) is 5.32 Å². The molecule has 0 fully saturated rings. The molecule has 3 nitrogen and oxygen atoms in total. The monoisotopic (exact) mass is 295 g/mol. The summed E-state index contributed by atoms with van der Waals surface area (Å²) in [5.41, 5.74) is 1.84. The van der Waals surface area contributed by atoms with Crippen LogP contribution in [0.5, 0.6) is 0 Å². The van der Waals surface area contributed by atoms with E-state index in [0.29, 0.717) is 16.6 Å². The van der Waals surface area contributed by atoms with Gasteiger partial charge in [0.2, 0.25) is 0 Å². The van der Waals surface area contributed by atoms with E-state index in [1.54, 1.807) is 30.3 Å². The number of halogens is 2. The van der Waals surface area contributed by atoms with E-state index in [4.69, 9.17) is 28.3 Å². The average Bonchev–Trinajstić information content (AvgIpc) is 2.41. The van der Waals surface area contributed by atoms with Gasteiger partial charge in [0.05, 0.1) is 21.3 Å². The fraction of sp³-hybridized carbons (Fsp3) is 0.0714. The van der Waals surface area contributed by atoms with Crippen molar-refractivity contribution in [1.82, 2.24) is 0 Å². The molecule has 0 unspecified atom stereocenters. The van der Waals surface area contributed by atoms with Gasteiger partial charge in [0.1, 0.15) is 0 Å². The van der Waals surface area contributed by atoms with Gasteiger partial charge in [-0.25, -0.2) is 4.79 Å². The molecule has 0 spiro atoms. The fourth-order valence-electron chi connectivity index (χ4n) is 1.65. The second-order valence-corrected chi connectivity index (χ2v) is 4.75. The first kappa shape index (κ1) is 13.7. The quantitative estimate of drug-likeness (QED) is 0.884. The molecule has 5 heteroatoms. The van der Waals surface area contributed by atoms with Crippen LogP contribution in [-0.2, 0) is 6.54 Å². The van der Waals surface area contributed by atoms with E-state index in [0.717, 1.165) is 11.3 Å². The van der Waals surface area contributed by atoms with Crippen molar-refractivity contribution < 1.29 is 9.90 Å². The summed E-state index contributed by atoms with van der Waals surface area (Å²) in [6, 6.07) is 12.0. The Morgan fingerprint density at radius 1 is 1.16 bits per heavy atom. The van der Waals surface area contributed by atoms with Crippen LogP contribution >= 0.6 is 23.2 Å². The topological polar surface area (TPSA) is 49.3 Å². The Bertz CT molecular complexity index is 614. The Balaban J connectivity index is 2.12. The summed E-state index contributed by atoms with van der Waals surface area (Å²) < 4.78 is 0. The van der Waals surface area contributed by atoms with Gasteiger partial charge in [-0.3, -0.25) is 0 Å². The third-order valence-corrected chi connectivity index (χ3v) is 3.43. The van der Waals surface area contributed by atoms with Crippen LogP contribution in [0, 0.1) is 0 Å². The number of carboxylic acid groups (broad SMARTS) is 1. The number of carbonyl (C=O) groups is 1. The SMILES string of the molecule is O=C(O)c1cccc(CNc2cccc(Cl)c2Cl)c1. The molecule has 2 N–H and O–H groups in total. The van der Waals surface area contributed by atoms with E-state index < -0.39 is 5.97 Å². The van der Waals surface area contributed by atoms with Crippen LogP contribution in [0.3, 0.4) is 0 Å². The molecule has 98 valence electrons. The second-order valence-electron chi connectivity index (χ2n) is 3.96. The molecule has 0 heterocycles. The number of aromatic carboxylic acids is 1. The first-order valence-electron chi connectivity index (χ1n) is 5.58. The molecule has 0 radical (unpaired) electrons. The first-order valence-corrected chi connectivity index (χ1v) is 6.33. The van der Waals surface area contributed by atoms with Gasteiger partial charge < -0.3 is 10.4 Å². The van der Waals surface area contributed by atoms with Gasteiger partial charge in [-0.15, -0.1) is 0 Å². The molecule has 0 aliphatic carbocycles. The number of rotatable bonds is 4. The van der Waals surface area contributed by atoms with Crippen molar-refractivity contribution in [2.24, 2.45) is 0 Å². The predicted octanol–water partition coefficient (Wildman–Crippen LogP) is 4.30. The van der Waals surface area contributed by atoms with E-state index in [-0.39, 0.29) is 5.56 Å². The highest BCUT2D eigenvalue weighted by Crippen LogP contribution is 2.29. The van der Waals surface area contributed by atoms with E-state index >= 15 is 0 Å². The predicted molar refractivity (Wildman–Crippen MR) is 77.2 cm³/mol. The van der Waals surface area contributed by atoms with Crippen LogP contribution in [0.1, 0.15) is 15.9 Å². The maximum absolute atomic E-state index is 10.9. The van der Waals surface area contributed by atoms with Crippen LogP contribution in [0.4, 0.5) is 5.69 Å². The molecule has 2 aromatic rings. The zero-order chi connectivity index (χ0) is 13.8. The summed E-state index contributed by atoms with van der Waals surface area (Å²) >= 11 is 12.0. The summed E-state index contributed by atoms with van der Waals surface area (Å²) in [4.78, 5) is 10.9. The van der Waals surface area contributed by atoms with Crippen molar-refractivity contribution in [2.45, 2.75) is 6.54 Å². The van der Waals surface area contributed by atoms with Crippen LogP contribution < -0.4 is 5.32 Å². The third kappa shape index (κ3) is 3.40. The van der Waals surface area contributed by atoms with Crippen molar-refractivity contribution in [3.63, 3.8) is 0 Å². The maximum Gasteiger partial charge on any atom is 0.335 e. The Kier molecular flexibility index (Phi) is 4.30. The first-order chi connectivity index (χ1) is 9.08. The normalized spacial score (nSPS) is 10.2. The fourth-order valence-corrected chi connectivity index (χ4v) is 2.02. The number of benzene rings is 2. The minimum atomic E-state index is -0.942. The maximum atomic E-state index is 10.9. The minimum absolute atomic E-state index is 0.261. The molecule has 0 atom stereocenters. The van der Waals surface area contributed by atoms with Crippen molar-refractivity contribution in [3.8, 4) is 0 Å². The van der Waals surface area contributed by atoms with Crippen LogP contribution in [0.25, 0.3) is 0 Å². The number of hydrogen-bond acceptors (Lipinski definition) is 2. The van der Waals surface area contributed by atoms with Gasteiger partial charge >= 0.3 is 5.97 Å². The van der Waals surface area contributed by atoms with Gasteiger partial charge in [0, 0.05) is 6.54 Å². The van der Waals surface area contributed by atoms with Gasteiger partial charge in [0.15, 0.2) is 0 Å². The van der Waals surface area contributed by atoms with Crippen molar-refractivity contribution in [1.29, 1.82) is 0 Å². The Hall–Kier alpha value is -1.71. The zero-order valence-electron chi connectivity index (χ0n) is 9.86. The number of hydrogen-bond donors (Lipinski definition) is 2. The summed E-state index contributed by atoms with van der Waals surface area (Å²) in [6.45, 7) is 0.473. The smallest absolute Gasteiger partial charge is 0.335 e.